The zero-order valence-electron chi connectivity index (χ0n) is 14.0. The van der Waals surface area contributed by atoms with E-state index in [0.717, 1.165) is 25.4 Å². The fourth-order valence-corrected chi connectivity index (χ4v) is 2.48. The van der Waals surface area contributed by atoms with E-state index >= 15 is 0 Å². The lowest BCUT2D eigenvalue weighted by Crippen LogP contribution is -2.35. The summed E-state index contributed by atoms with van der Waals surface area (Å²) in [5, 5.41) is 3.27. The molecule has 1 rings (SSSR count). The number of nitrogens with one attached hydrogen (secondary N) is 1. The van der Waals surface area contributed by atoms with Crippen LogP contribution in [0, 0.1) is 0 Å². The molecule has 0 atom stereocenters. The van der Waals surface area contributed by atoms with Crippen molar-refractivity contribution in [1.29, 1.82) is 0 Å². The number of rotatable bonds is 10. The average molecular weight is 360 g/mol. The van der Waals surface area contributed by atoms with Crippen LogP contribution in [0.15, 0.2) is 12.1 Å². The third-order valence-electron chi connectivity index (χ3n) is 3.50. The van der Waals surface area contributed by atoms with Gasteiger partial charge in [-0.1, -0.05) is 25.4 Å². The van der Waals surface area contributed by atoms with Crippen molar-refractivity contribution in [3.05, 3.63) is 22.7 Å². The summed E-state index contributed by atoms with van der Waals surface area (Å²) in [6, 6.07) is 3.18. The SMILES string of the molecule is CCN(CC)CCNC(=O)c1cc(Cl)c(N)cc1OCCSC. The Bertz CT molecular complexity index is 510. The zero-order valence-corrected chi connectivity index (χ0v) is 15.6. The molecule has 0 radical (unpaired) electrons. The quantitative estimate of drug-likeness (QED) is 0.496. The molecule has 7 heteroatoms. The lowest BCUT2D eigenvalue weighted by atomic mass is 10.1. The maximum absolute atomic E-state index is 12.4. The Labute approximate surface area is 147 Å². The van der Waals surface area contributed by atoms with Crippen molar-refractivity contribution < 1.29 is 9.53 Å². The molecule has 0 aliphatic heterocycles. The zero-order chi connectivity index (χ0) is 17.2. The standard InChI is InChI=1S/C16H26ClN3O2S/c1-4-20(5-2)7-6-19-16(21)12-10-13(17)14(18)11-15(12)22-8-9-23-3/h10-11H,4-9,18H2,1-3H3,(H,19,21). The molecule has 0 aliphatic carbocycles. The number of amides is 1. The first-order chi connectivity index (χ1) is 11.0. The Balaban J connectivity index is 2.75. The first-order valence-corrected chi connectivity index (χ1v) is 9.51. The Kier molecular flexibility index (Phi) is 9.21. The second-order valence-electron chi connectivity index (χ2n) is 4.99. The number of thioether (sulfide) groups is 1. The average Bonchev–Trinajstić information content (AvgIpc) is 2.54. The van der Waals surface area contributed by atoms with Gasteiger partial charge in [-0.05, 0) is 25.4 Å². The lowest BCUT2D eigenvalue weighted by molar-refractivity contribution is 0.0945. The molecule has 1 aromatic rings. The Hall–Kier alpha value is -1.11. The lowest BCUT2D eigenvalue weighted by Gasteiger charge is -2.18. The van der Waals surface area contributed by atoms with Crippen LogP contribution in [0.1, 0.15) is 24.2 Å². The number of hydrogen-bond acceptors (Lipinski definition) is 5. The smallest absolute Gasteiger partial charge is 0.255 e. The number of hydrogen-bond donors (Lipinski definition) is 2. The molecule has 0 fully saturated rings. The highest BCUT2D eigenvalue weighted by atomic mass is 35.5. The van der Waals surface area contributed by atoms with Crippen LogP contribution < -0.4 is 15.8 Å². The van der Waals surface area contributed by atoms with Crippen molar-refractivity contribution in [3.8, 4) is 5.75 Å². The number of halogens is 1. The molecule has 1 amide bonds. The van der Waals surface area contributed by atoms with Crippen LogP contribution >= 0.6 is 23.4 Å². The minimum atomic E-state index is -0.196. The molecule has 0 saturated carbocycles. The van der Waals surface area contributed by atoms with Gasteiger partial charge < -0.3 is 20.7 Å². The van der Waals surface area contributed by atoms with Crippen LogP contribution in [-0.4, -0.2) is 55.6 Å². The summed E-state index contributed by atoms with van der Waals surface area (Å²) < 4.78 is 5.67. The van der Waals surface area contributed by atoms with Crippen molar-refractivity contribution in [2.24, 2.45) is 0 Å². The number of likely N-dealkylation sites (N-methyl/N-ethyl adjacent to an activating group) is 1. The second kappa shape index (κ2) is 10.6. The highest BCUT2D eigenvalue weighted by Gasteiger charge is 2.15. The highest BCUT2D eigenvalue weighted by molar-refractivity contribution is 7.98. The summed E-state index contributed by atoms with van der Waals surface area (Å²) in [4.78, 5) is 14.6. The van der Waals surface area contributed by atoms with E-state index in [4.69, 9.17) is 22.1 Å². The molecule has 0 spiro atoms. The van der Waals surface area contributed by atoms with Gasteiger partial charge in [-0.15, -0.1) is 0 Å². The van der Waals surface area contributed by atoms with Gasteiger partial charge in [0.15, 0.2) is 0 Å². The van der Waals surface area contributed by atoms with Crippen molar-refractivity contribution in [1.82, 2.24) is 10.2 Å². The Morgan fingerprint density at radius 2 is 2.09 bits per heavy atom. The second-order valence-corrected chi connectivity index (χ2v) is 6.39. The van der Waals surface area contributed by atoms with Gasteiger partial charge in [0.1, 0.15) is 5.75 Å². The van der Waals surface area contributed by atoms with Gasteiger partial charge >= 0.3 is 0 Å². The van der Waals surface area contributed by atoms with E-state index in [1.54, 1.807) is 23.9 Å². The van der Waals surface area contributed by atoms with Gasteiger partial charge in [0, 0.05) is 24.9 Å². The molecule has 0 bridgehead atoms. The van der Waals surface area contributed by atoms with Gasteiger partial charge in [-0.2, -0.15) is 11.8 Å². The van der Waals surface area contributed by atoms with Gasteiger partial charge in [0.2, 0.25) is 0 Å². The van der Waals surface area contributed by atoms with Gasteiger partial charge in [-0.3, -0.25) is 4.79 Å². The van der Waals surface area contributed by atoms with E-state index in [-0.39, 0.29) is 5.91 Å². The van der Waals surface area contributed by atoms with Gasteiger partial charge in [0.25, 0.3) is 5.91 Å². The van der Waals surface area contributed by atoms with E-state index < -0.39 is 0 Å². The molecular weight excluding hydrogens is 334 g/mol. The molecule has 1 aromatic carbocycles. The molecule has 0 heterocycles. The minimum absolute atomic E-state index is 0.196. The number of carbonyl (C=O) groups is 1. The van der Waals surface area contributed by atoms with E-state index in [0.29, 0.717) is 35.2 Å². The number of anilines is 1. The van der Waals surface area contributed by atoms with Crippen LogP contribution in [0.25, 0.3) is 0 Å². The highest BCUT2D eigenvalue weighted by Crippen LogP contribution is 2.29. The minimum Gasteiger partial charge on any atom is -0.492 e. The summed E-state index contributed by atoms with van der Waals surface area (Å²) in [6.45, 7) is 8.02. The van der Waals surface area contributed by atoms with Crippen molar-refractivity contribution in [3.63, 3.8) is 0 Å². The number of nitrogens with two attached hydrogens (primary N) is 1. The van der Waals surface area contributed by atoms with Crippen LogP contribution in [0.4, 0.5) is 5.69 Å². The molecule has 0 aliphatic rings. The normalized spacial score (nSPS) is 10.8. The van der Waals surface area contributed by atoms with Gasteiger partial charge in [-0.25, -0.2) is 0 Å². The van der Waals surface area contributed by atoms with Crippen molar-refractivity contribution in [2.45, 2.75) is 13.8 Å². The summed E-state index contributed by atoms with van der Waals surface area (Å²) in [5.41, 5.74) is 6.64. The number of nitrogens with zero attached hydrogens (tertiary/aromatic N) is 1. The number of ether oxygens (including phenoxy) is 1. The maximum atomic E-state index is 12.4. The Morgan fingerprint density at radius 3 is 2.70 bits per heavy atom. The monoisotopic (exact) mass is 359 g/mol. The number of nitrogen functional groups attached to an aromatic ring is 1. The molecule has 5 nitrogen and oxygen atoms in total. The van der Waals surface area contributed by atoms with Crippen LogP contribution in [-0.2, 0) is 0 Å². The number of carbonyl (C=O) groups excluding carboxylic acids is 1. The summed E-state index contributed by atoms with van der Waals surface area (Å²) in [7, 11) is 0. The third kappa shape index (κ3) is 6.49. The number of benzene rings is 1. The fraction of sp³-hybridized carbons (Fsp3) is 0.562. The predicted octanol–water partition coefficient (Wildman–Crippen LogP) is 2.74. The third-order valence-corrected chi connectivity index (χ3v) is 4.40. The van der Waals surface area contributed by atoms with E-state index in [1.165, 1.54) is 0 Å². The largest absolute Gasteiger partial charge is 0.492 e. The Morgan fingerprint density at radius 1 is 1.39 bits per heavy atom. The maximum Gasteiger partial charge on any atom is 0.255 e. The first-order valence-electron chi connectivity index (χ1n) is 7.74. The van der Waals surface area contributed by atoms with Crippen LogP contribution in [0.5, 0.6) is 5.75 Å². The van der Waals surface area contributed by atoms with E-state index in [9.17, 15) is 4.79 Å². The molecule has 0 aromatic heterocycles. The molecular formula is C16H26ClN3O2S. The summed E-state index contributed by atoms with van der Waals surface area (Å²) in [6.07, 6.45) is 2.00. The molecule has 3 N–H and O–H groups in total. The fourth-order valence-electron chi connectivity index (χ4n) is 2.06. The van der Waals surface area contributed by atoms with E-state index in [1.807, 2.05) is 6.26 Å². The van der Waals surface area contributed by atoms with Gasteiger partial charge in [0.05, 0.1) is 22.9 Å². The van der Waals surface area contributed by atoms with Crippen molar-refractivity contribution >= 4 is 35.0 Å². The van der Waals surface area contributed by atoms with Crippen LogP contribution in [0.2, 0.25) is 5.02 Å². The molecule has 23 heavy (non-hydrogen) atoms. The first kappa shape index (κ1) is 19.9. The van der Waals surface area contributed by atoms with Crippen molar-refractivity contribution in [2.75, 3.05) is 50.5 Å². The predicted molar refractivity (Wildman–Crippen MR) is 99.9 cm³/mol. The topological polar surface area (TPSA) is 67.6 Å². The van der Waals surface area contributed by atoms with Crippen LogP contribution in [0.3, 0.4) is 0 Å². The molecule has 130 valence electrons. The molecule has 0 saturated heterocycles. The molecule has 0 unspecified atom stereocenters. The summed E-state index contributed by atoms with van der Waals surface area (Å²) in [5.74, 6) is 1.12. The summed E-state index contributed by atoms with van der Waals surface area (Å²) >= 11 is 7.72. The van der Waals surface area contributed by atoms with E-state index in [2.05, 4.69) is 24.1 Å².